The molecular formula is C27H28F2N2O4. The average molecular weight is 483 g/mol. The van der Waals surface area contributed by atoms with E-state index in [1.807, 2.05) is 6.92 Å². The highest BCUT2D eigenvalue weighted by atomic mass is 19.2. The normalized spacial score (nSPS) is 11.5. The summed E-state index contributed by atoms with van der Waals surface area (Å²) < 4.78 is 32.5. The van der Waals surface area contributed by atoms with E-state index in [1.54, 1.807) is 24.3 Å². The number of nitrogens with zero attached hydrogens (tertiary/aromatic N) is 1. The van der Waals surface area contributed by atoms with Gasteiger partial charge in [-0.15, -0.1) is 0 Å². The lowest BCUT2D eigenvalue weighted by atomic mass is 9.96. The van der Waals surface area contributed by atoms with Crippen LogP contribution in [0.2, 0.25) is 0 Å². The number of halogens is 2. The quantitative estimate of drug-likeness (QED) is 0.227. The number of rotatable bonds is 9. The van der Waals surface area contributed by atoms with Gasteiger partial charge in [-0.1, -0.05) is 44.2 Å². The highest BCUT2D eigenvalue weighted by molar-refractivity contribution is 5.99. The first-order valence-corrected chi connectivity index (χ1v) is 11.2. The molecule has 0 aliphatic carbocycles. The van der Waals surface area contributed by atoms with Gasteiger partial charge in [0.2, 0.25) is 5.90 Å². The molecule has 1 aromatic heterocycles. The summed E-state index contributed by atoms with van der Waals surface area (Å²) in [4.78, 5) is 19.9. The number of aromatic nitrogens is 1. The summed E-state index contributed by atoms with van der Waals surface area (Å²) in [5, 5.41) is 20.8. The maximum absolute atomic E-state index is 13.6. The number of hydrogen-bond donors (Lipinski definition) is 3. The van der Waals surface area contributed by atoms with Crippen molar-refractivity contribution in [3.63, 3.8) is 0 Å². The van der Waals surface area contributed by atoms with E-state index in [-0.39, 0.29) is 36.0 Å². The molecule has 0 fully saturated rings. The van der Waals surface area contributed by atoms with Gasteiger partial charge in [-0.05, 0) is 47.7 Å². The molecule has 0 aliphatic rings. The van der Waals surface area contributed by atoms with Crippen LogP contribution in [0.15, 0.2) is 64.6 Å². The van der Waals surface area contributed by atoms with Crippen molar-refractivity contribution in [1.29, 1.82) is 0 Å². The molecule has 0 atom stereocenters. The van der Waals surface area contributed by atoms with Crippen LogP contribution in [0.4, 0.5) is 8.78 Å². The minimum absolute atomic E-state index is 0.0366. The summed E-state index contributed by atoms with van der Waals surface area (Å²) in [7, 11) is 1.40. The molecule has 184 valence electrons. The van der Waals surface area contributed by atoms with Crippen LogP contribution in [0.3, 0.4) is 0 Å². The predicted octanol–water partition coefficient (Wildman–Crippen LogP) is 5.01. The standard InChI is InChI=1S/C27H28F2N2O4/c1-4-5-9-22-23(19-8-6-7-18(13-19)15-32)25(33)24(26(34)31-22)27(30-3)35-16(2)12-17-10-11-20(28)21(29)14-17/h6-8,10-11,13-14,32H,2,4-5,9,12,15H2,1,3H3,(H2,31,33,34). The SMILES string of the molecule is C=C(Cc1ccc(F)c(F)c1)OC(=NC)c1c(O)c(-c2cccc(CO)c2)c(CCCC)[nH]c1=O. The van der Waals surface area contributed by atoms with Gasteiger partial charge in [0, 0.05) is 24.7 Å². The second-order valence-corrected chi connectivity index (χ2v) is 8.09. The monoisotopic (exact) mass is 482 g/mol. The maximum atomic E-state index is 13.6. The number of benzene rings is 2. The molecule has 0 saturated heterocycles. The second-order valence-electron chi connectivity index (χ2n) is 8.09. The summed E-state index contributed by atoms with van der Waals surface area (Å²) >= 11 is 0. The van der Waals surface area contributed by atoms with Crippen molar-refractivity contribution < 1.29 is 23.7 Å². The zero-order valence-electron chi connectivity index (χ0n) is 19.7. The first-order valence-electron chi connectivity index (χ1n) is 11.2. The molecule has 6 nitrogen and oxygen atoms in total. The highest BCUT2D eigenvalue weighted by Crippen LogP contribution is 2.35. The fourth-order valence-electron chi connectivity index (χ4n) is 3.77. The number of H-pyrrole nitrogens is 1. The van der Waals surface area contributed by atoms with Gasteiger partial charge < -0.3 is 19.9 Å². The number of aryl methyl sites for hydroxylation is 1. The molecule has 0 amide bonds. The maximum Gasteiger partial charge on any atom is 0.264 e. The first kappa shape index (κ1) is 25.8. The molecule has 3 N–H and O–H groups in total. The van der Waals surface area contributed by atoms with Crippen LogP contribution in [0.25, 0.3) is 11.1 Å². The zero-order valence-corrected chi connectivity index (χ0v) is 19.7. The van der Waals surface area contributed by atoms with Gasteiger partial charge in [0.15, 0.2) is 11.6 Å². The van der Waals surface area contributed by atoms with Gasteiger partial charge in [0.05, 0.1) is 6.61 Å². The molecule has 0 spiro atoms. The van der Waals surface area contributed by atoms with Crippen LogP contribution in [0.5, 0.6) is 5.75 Å². The molecule has 0 unspecified atom stereocenters. The van der Waals surface area contributed by atoms with E-state index in [0.717, 1.165) is 25.0 Å². The number of aromatic hydroxyl groups is 1. The minimum Gasteiger partial charge on any atom is -0.506 e. The molecule has 3 aromatic rings. The summed E-state index contributed by atoms with van der Waals surface area (Å²) in [5.74, 6) is -2.32. The van der Waals surface area contributed by atoms with Crippen molar-refractivity contribution in [3.05, 3.63) is 99.2 Å². The molecular weight excluding hydrogens is 454 g/mol. The van der Waals surface area contributed by atoms with E-state index in [4.69, 9.17) is 4.74 Å². The molecule has 0 radical (unpaired) electrons. The number of pyridine rings is 1. The number of aliphatic hydroxyl groups excluding tert-OH is 1. The second kappa shape index (κ2) is 11.6. The smallest absolute Gasteiger partial charge is 0.264 e. The third-order valence-electron chi connectivity index (χ3n) is 5.49. The lowest BCUT2D eigenvalue weighted by Crippen LogP contribution is -2.23. The van der Waals surface area contributed by atoms with E-state index in [9.17, 15) is 23.8 Å². The molecule has 2 aromatic carbocycles. The third-order valence-corrected chi connectivity index (χ3v) is 5.49. The lowest BCUT2D eigenvalue weighted by Gasteiger charge is -2.17. The van der Waals surface area contributed by atoms with Crippen LogP contribution in [-0.4, -0.2) is 28.1 Å². The van der Waals surface area contributed by atoms with Gasteiger partial charge in [0.1, 0.15) is 17.1 Å². The van der Waals surface area contributed by atoms with Crippen molar-refractivity contribution in [1.82, 2.24) is 4.98 Å². The van der Waals surface area contributed by atoms with Crippen molar-refractivity contribution in [2.24, 2.45) is 4.99 Å². The number of nitrogens with one attached hydrogen (secondary N) is 1. The third kappa shape index (κ3) is 6.02. The Hall–Kier alpha value is -3.78. The Morgan fingerprint density at radius 2 is 1.91 bits per heavy atom. The number of aliphatic imine (C=N–C) groups is 1. The van der Waals surface area contributed by atoms with Gasteiger partial charge in [-0.3, -0.25) is 9.79 Å². The Kier molecular flexibility index (Phi) is 8.54. The molecule has 1 heterocycles. The zero-order chi connectivity index (χ0) is 25.5. The fourth-order valence-corrected chi connectivity index (χ4v) is 3.77. The highest BCUT2D eigenvalue weighted by Gasteiger charge is 2.24. The topological polar surface area (TPSA) is 94.9 Å². The summed E-state index contributed by atoms with van der Waals surface area (Å²) in [6.07, 6.45) is 2.24. The van der Waals surface area contributed by atoms with E-state index >= 15 is 0 Å². The average Bonchev–Trinajstić information content (AvgIpc) is 2.84. The number of ether oxygens (including phenoxy) is 1. The summed E-state index contributed by atoms with van der Waals surface area (Å²) in [6, 6.07) is 10.5. The summed E-state index contributed by atoms with van der Waals surface area (Å²) in [5.41, 5.74) is 1.90. The number of aromatic amines is 1. The molecule has 8 heteroatoms. The Morgan fingerprint density at radius 3 is 2.57 bits per heavy atom. The Morgan fingerprint density at radius 1 is 1.14 bits per heavy atom. The van der Waals surface area contributed by atoms with E-state index in [2.05, 4.69) is 16.6 Å². The van der Waals surface area contributed by atoms with Gasteiger partial charge >= 0.3 is 0 Å². The van der Waals surface area contributed by atoms with Crippen molar-refractivity contribution in [2.75, 3.05) is 7.05 Å². The predicted molar refractivity (Wildman–Crippen MR) is 131 cm³/mol. The van der Waals surface area contributed by atoms with E-state index in [0.29, 0.717) is 34.4 Å². The largest absolute Gasteiger partial charge is 0.506 e. The van der Waals surface area contributed by atoms with Crippen LogP contribution >= 0.6 is 0 Å². The van der Waals surface area contributed by atoms with Crippen LogP contribution in [-0.2, 0) is 24.2 Å². The number of unbranched alkanes of at least 4 members (excludes halogenated alkanes) is 1. The van der Waals surface area contributed by atoms with Crippen LogP contribution in [0, 0.1) is 11.6 Å². The summed E-state index contributed by atoms with van der Waals surface area (Å²) in [6.45, 7) is 5.64. The van der Waals surface area contributed by atoms with Gasteiger partial charge in [0.25, 0.3) is 5.56 Å². The molecule has 3 rings (SSSR count). The van der Waals surface area contributed by atoms with Crippen molar-refractivity contribution in [3.8, 4) is 16.9 Å². The van der Waals surface area contributed by atoms with Gasteiger partial charge in [-0.25, -0.2) is 8.78 Å². The molecule has 0 bridgehead atoms. The van der Waals surface area contributed by atoms with E-state index < -0.39 is 17.2 Å². The van der Waals surface area contributed by atoms with E-state index in [1.165, 1.54) is 13.1 Å². The van der Waals surface area contributed by atoms with Crippen LogP contribution in [0.1, 0.15) is 42.1 Å². The Balaban J connectivity index is 2.02. The number of allylic oxidation sites excluding steroid dienone is 1. The molecule has 0 aliphatic heterocycles. The number of hydrogen-bond acceptors (Lipinski definition) is 5. The Bertz CT molecular complexity index is 1320. The Labute approximate surface area is 202 Å². The first-order chi connectivity index (χ1) is 16.8. The van der Waals surface area contributed by atoms with Crippen LogP contribution < -0.4 is 5.56 Å². The van der Waals surface area contributed by atoms with Gasteiger partial charge in [-0.2, -0.15) is 0 Å². The number of aliphatic hydroxyl groups is 1. The minimum atomic E-state index is -0.994. The van der Waals surface area contributed by atoms with Crippen molar-refractivity contribution in [2.45, 2.75) is 39.2 Å². The molecule has 0 saturated carbocycles. The fraction of sp³-hybridized carbons (Fsp3) is 0.259. The molecule has 35 heavy (non-hydrogen) atoms. The lowest BCUT2D eigenvalue weighted by molar-refractivity contribution is 0.282. The van der Waals surface area contributed by atoms with Crippen molar-refractivity contribution >= 4 is 5.90 Å².